The van der Waals surface area contributed by atoms with Crippen molar-refractivity contribution >= 4 is 12.4 Å². The molecule has 0 aliphatic carbocycles. The number of rotatable bonds is 6. The predicted molar refractivity (Wildman–Crippen MR) is 104 cm³/mol. The van der Waals surface area contributed by atoms with E-state index in [1.54, 1.807) is 20.4 Å². The van der Waals surface area contributed by atoms with Crippen LogP contribution in [-0.2, 0) is 22.6 Å². The largest absolute Gasteiger partial charge is 0.493 e. The molecular formula is C20H27N3O5. The third kappa shape index (κ3) is 5.48. The van der Waals surface area contributed by atoms with Gasteiger partial charge in [0, 0.05) is 25.5 Å². The highest BCUT2D eigenvalue weighted by molar-refractivity contribution is 5.76. The topological polar surface area (TPSA) is 93.9 Å². The number of benzene rings is 1. The fourth-order valence-corrected chi connectivity index (χ4v) is 3.38. The van der Waals surface area contributed by atoms with Crippen molar-refractivity contribution in [2.24, 2.45) is 5.92 Å². The summed E-state index contributed by atoms with van der Waals surface area (Å²) < 4.78 is 12.5. The summed E-state index contributed by atoms with van der Waals surface area (Å²) in [4.78, 5) is 27.0. The molecule has 1 aromatic heterocycles. The van der Waals surface area contributed by atoms with E-state index in [4.69, 9.17) is 19.4 Å². The molecule has 1 unspecified atom stereocenters. The normalized spacial score (nSPS) is 15.5. The molecule has 1 fully saturated rings. The van der Waals surface area contributed by atoms with Crippen LogP contribution >= 0.6 is 0 Å². The van der Waals surface area contributed by atoms with E-state index in [-0.39, 0.29) is 12.4 Å². The Balaban J connectivity index is 0.000000878. The first-order chi connectivity index (χ1) is 13.5. The van der Waals surface area contributed by atoms with Crippen molar-refractivity contribution in [2.75, 3.05) is 27.3 Å². The molecule has 152 valence electrons. The van der Waals surface area contributed by atoms with E-state index < -0.39 is 0 Å². The first-order valence-corrected chi connectivity index (χ1v) is 9.06. The van der Waals surface area contributed by atoms with Gasteiger partial charge >= 0.3 is 0 Å². The van der Waals surface area contributed by atoms with Crippen LogP contribution in [0, 0.1) is 12.8 Å². The molecule has 0 bridgehead atoms. The summed E-state index contributed by atoms with van der Waals surface area (Å²) in [5.41, 5.74) is 1.21. The second-order valence-corrected chi connectivity index (χ2v) is 6.60. The number of imidazole rings is 1. The van der Waals surface area contributed by atoms with Crippen molar-refractivity contribution in [2.45, 2.75) is 26.3 Å². The van der Waals surface area contributed by atoms with E-state index in [1.807, 2.05) is 34.7 Å². The Labute approximate surface area is 164 Å². The maximum atomic E-state index is 12.5. The van der Waals surface area contributed by atoms with Crippen LogP contribution in [0.15, 0.2) is 30.6 Å². The Kier molecular flexibility index (Phi) is 7.86. The monoisotopic (exact) mass is 389 g/mol. The maximum Gasteiger partial charge on any atom is 0.290 e. The zero-order valence-electron chi connectivity index (χ0n) is 16.5. The van der Waals surface area contributed by atoms with E-state index >= 15 is 0 Å². The van der Waals surface area contributed by atoms with Crippen LogP contribution in [0.2, 0.25) is 0 Å². The molecular weight excluding hydrogens is 362 g/mol. The number of likely N-dealkylation sites (tertiary alicyclic amines) is 1. The summed E-state index contributed by atoms with van der Waals surface area (Å²) in [5, 5.41) is 6.89. The van der Waals surface area contributed by atoms with E-state index in [0.29, 0.717) is 12.5 Å². The molecule has 8 heteroatoms. The molecule has 0 radical (unpaired) electrons. The molecule has 0 saturated carbocycles. The van der Waals surface area contributed by atoms with Gasteiger partial charge in [-0.05, 0) is 43.4 Å². The van der Waals surface area contributed by atoms with E-state index in [9.17, 15) is 4.79 Å². The highest BCUT2D eigenvalue weighted by atomic mass is 16.5. The lowest BCUT2D eigenvalue weighted by Crippen LogP contribution is -2.32. The molecule has 1 saturated heterocycles. The number of carbonyl (C=O) groups is 2. The second kappa shape index (κ2) is 10.3. The van der Waals surface area contributed by atoms with Crippen LogP contribution in [0.4, 0.5) is 0 Å². The van der Waals surface area contributed by atoms with E-state index in [2.05, 4.69) is 11.1 Å². The zero-order chi connectivity index (χ0) is 20.5. The lowest BCUT2D eigenvalue weighted by atomic mass is 9.98. The molecule has 1 N–H and O–H groups in total. The molecule has 0 spiro atoms. The molecule has 1 amide bonds. The van der Waals surface area contributed by atoms with Crippen LogP contribution in [0.1, 0.15) is 17.8 Å². The summed E-state index contributed by atoms with van der Waals surface area (Å²) in [6.45, 7) is 3.66. The maximum absolute atomic E-state index is 12.5. The Bertz CT molecular complexity index is 790. The van der Waals surface area contributed by atoms with Gasteiger partial charge in [-0.15, -0.1) is 0 Å². The average Bonchev–Trinajstić information content (AvgIpc) is 3.31. The van der Waals surface area contributed by atoms with Crippen LogP contribution < -0.4 is 9.47 Å². The summed E-state index contributed by atoms with van der Waals surface area (Å²) in [7, 11) is 3.29. The summed E-state index contributed by atoms with van der Waals surface area (Å²) in [6.07, 6.45) is 5.55. The van der Waals surface area contributed by atoms with Crippen LogP contribution in [-0.4, -0.2) is 59.2 Å². The highest BCUT2D eigenvalue weighted by Crippen LogP contribution is 2.30. The predicted octanol–water partition coefficient (Wildman–Crippen LogP) is 2.00. The minimum absolute atomic E-state index is 0.163. The van der Waals surface area contributed by atoms with Gasteiger partial charge in [-0.3, -0.25) is 9.59 Å². The number of hydrogen-bond donors (Lipinski definition) is 1. The molecule has 1 atom stereocenters. The fraction of sp³-hybridized carbons (Fsp3) is 0.450. The first-order valence-electron chi connectivity index (χ1n) is 9.06. The van der Waals surface area contributed by atoms with Crippen molar-refractivity contribution < 1.29 is 24.2 Å². The number of methoxy groups -OCH3 is 2. The Morgan fingerprint density at radius 2 is 2.04 bits per heavy atom. The number of aryl methyl sites for hydroxylation is 1. The summed E-state index contributed by atoms with van der Waals surface area (Å²) in [5.74, 6) is 3.00. The van der Waals surface area contributed by atoms with Gasteiger partial charge in [-0.25, -0.2) is 4.98 Å². The number of nitrogens with zero attached hydrogens (tertiary/aromatic N) is 3. The van der Waals surface area contributed by atoms with Crippen molar-refractivity contribution in [3.8, 4) is 11.5 Å². The third-order valence-electron chi connectivity index (χ3n) is 4.84. The number of amides is 1. The number of hydrogen-bond acceptors (Lipinski definition) is 5. The highest BCUT2D eigenvalue weighted by Gasteiger charge is 2.26. The van der Waals surface area contributed by atoms with Crippen molar-refractivity contribution in [1.29, 1.82) is 0 Å². The summed E-state index contributed by atoms with van der Waals surface area (Å²) in [6, 6.07) is 6.03. The van der Waals surface area contributed by atoms with Crippen LogP contribution in [0.25, 0.3) is 0 Å². The van der Waals surface area contributed by atoms with Gasteiger partial charge in [0.2, 0.25) is 5.91 Å². The van der Waals surface area contributed by atoms with Gasteiger partial charge in [0.05, 0.1) is 14.2 Å². The SMILES string of the molecule is COc1ccc(CC2CCN(C(=O)Cn3ccnc3C)C2)cc1OC.O=CO. The second-order valence-electron chi connectivity index (χ2n) is 6.60. The smallest absolute Gasteiger partial charge is 0.290 e. The number of carbonyl (C=O) groups excluding carboxylic acids is 1. The van der Waals surface area contributed by atoms with Gasteiger partial charge in [-0.1, -0.05) is 6.07 Å². The number of carboxylic acid groups (broad SMARTS) is 1. The molecule has 28 heavy (non-hydrogen) atoms. The molecule has 2 heterocycles. The van der Waals surface area contributed by atoms with E-state index in [1.165, 1.54) is 5.56 Å². The zero-order valence-corrected chi connectivity index (χ0v) is 16.5. The quantitative estimate of drug-likeness (QED) is 0.760. The van der Waals surface area contributed by atoms with Gasteiger partial charge < -0.3 is 24.0 Å². The van der Waals surface area contributed by atoms with Crippen molar-refractivity contribution in [3.63, 3.8) is 0 Å². The molecule has 1 aromatic carbocycles. The standard InChI is InChI=1S/C19H25N3O3.CH2O2/c1-14-20-7-9-21(14)13-19(23)22-8-6-16(12-22)10-15-4-5-17(24-2)18(11-15)25-3;2-1-3/h4-5,7,9,11,16H,6,8,10,12-13H2,1-3H3;1H,(H,2,3). The molecule has 1 aliphatic rings. The minimum atomic E-state index is -0.250. The summed E-state index contributed by atoms with van der Waals surface area (Å²) >= 11 is 0. The minimum Gasteiger partial charge on any atom is -0.493 e. The number of ether oxygens (including phenoxy) is 2. The lowest BCUT2D eigenvalue weighted by molar-refractivity contribution is -0.131. The van der Waals surface area contributed by atoms with Gasteiger partial charge in [-0.2, -0.15) is 0 Å². The Morgan fingerprint density at radius 1 is 1.32 bits per heavy atom. The molecule has 3 rings (SSSR count). The Hall–Kier alpha value is -3.03. The number of aromatic nitrogens is 2. The van der Waals surface area contributed by atoms with Gasteiger partial charge in [0.1, 0.15) is 12.4 Å². The molecule has 8 nitrogen and oxygen atoms in total. The van der Waals surface area contributed by atoms with Gasteiger partial charge in [0.25, 0.3) is 6.47 Å². The van der Waals surface area contributed by atoms with Crippen LogP contribution in [0.5, 0.6) is 11.5 Å². The molecule has 1 aliphatic heterocycles. The Morgan fingerprint density at radius 3 is 2.64 bits per heavy atom. The average molecular weight is 389 g/mol. The van der Waals surface area contributed by atoms with Crippen molar-refractivity contribution in [3.05, 3.63) is 42.0 Å². The third-order valence-corrected chi connectivity index (χ3v) is 4.84. The van der Waals surface area contributed by atoms with Crippen LogP contribution in [0.3, 0.4) is 0 Å². The first kappa shape index (κ1) is 21.3. The van der Waals surface area contributed by atoms with Crippen molar-refractivity contribution in [1.82, 2.24) is 14.5 Å². The van der Waals surface area contributed by atoms with E-state index in [0.717, 1.165) is 43.3 Å². The molecule has 2 aromatic rings. The van der Waals surface area contributed by atoms with Gasteiger partial charge in [0.15, 0.2) is 11.5 Å². The lowest BCUT2D eigenvalue weighted by Gasteiger charge is -2.17. The fourth-order valence-electron chi connectivity index (χ4n) is 3.38.